The molecule has 0 aliphatic carbocycles. The Balaban J connectivity index is 1.54. The molecule has 4 rings (SSSR count). The number of fused-ring (bicyclic) bond motifs is 1. The van der Waals surface area contributed by atoms with Crippen molar-refractivity contribution in [1.29, 1.82) is 0 Å². The minimum Gasteiger partial charge on any atom is -0.496 e. The van der Waals surface area contributed by atoms with E-state index in [1.807, 2.05) is 35.3 Å². The van der Waals surface area contributed by atoms with Gasteiger partial charge in [-0.1, -0.05) is 30.3 Å². The Morgan fingerprint density at radius 3 is 2.53 bits per heavy atom. The third-order valence-electron chi connectivity index (χ3n) is 5.66. The quantitative estimate of drug-likeness (QED) is 0.563. The number of anilines is 1. The minimum atomic E-state index is -0.347. The number of nitrogens with zero attached hydrogens (tertiary/aromatic N) is 2. The average molecular weight is 434 g/mol. The molecule has 32 heavy (non-hydrogen) atoms. The first kappa shape index (κ1) is 21.5. The van der Waals surface area contributed by atoms with Gasteiger partial charge in [0.05, 0.1) is 27.5 Å². The Kier molecular flexibility index (Phi) is 6.44. The topological polar surface area (TPSA) is 72.4 Å². The molecule has 3 aromatic carbocycles. The molecule has 0 bridgehead atoms. The summed E-state index contributed by atoms with van der Waals surface area (Å²) in [4.78, 5) is 13.0. The summed E-state index contributed by atoms with van der Waals surface area (Å²) < 4.78 is 16.1. The van der Waals surface area contributed by atoms with E-state index >= 15 is 0 Å². The molecule has 1 saturated heterocycles. The lowest BCUT2D eigenvalue weighted by Crippen LogP contribution is -2.36. The highest BCUT2D eigenvalue weighted by atomic mass is 16.5. The van der Waals surface area contributed by atoms with E-state index < -0.39 is 0 Å². The third-order valence-corrected chi connectivity index (χ3v) is 5.66. The molecule has 1 atom stereocenters. The first-order chi connectivity index (χ1) is 15.6. The molecule has 1 heterocycles. The standard InChI is InChI=1S/C25H27N3O4/c1-30-22-12-10-17-7-4-5-8-19(17)20(22)16-26-28-14-6-9-21(28)25(29)27-18-11-13-23(31-2)24(15-18)32-3/h4-5,7-8,10-13,15-16,21H,6,9,14H2,1-3H3,(H,27,29)/b26-16+. The first-order valence-electron chi connectivity index (χ1n) is 10.5. The number of carbonyl (C=O) groups excluding carboxylic acids is 1. The van der Waals surface area contributed by atoms with Crippen LogP contribution in [0, 0.1) is 0 Å². The number of hydrogen-bond donors (Lipinski definition) is 1. The maximum Gasteiger partial charge on any atom is 0.248 e. The molecule has 1 aliphatic rings. The lowest BCUT2D eigenvalue weighted by atomic mass is 10.0. The van der Waals surface area contributed by atoms with Crippen LogP contribution in [0.25, 0.3) is 10.8 Å². The number of amides is 1. The van der Waals surface area contributed by atoms with Crippen LogP contribution >= 0.6 is 0 Å². The summed E-state index contributed by atoms with van der Waals surface area (Å²) in [6, 6.07) is 17.0. The van der Waals surface area contributed by atoms with E-state index in [-0.39, 0.29) is 11.9 Å². The number of hydrazone groups is 1. The SMILES string of the molecule is COc1ccc(NC(=O)C2CCCN2/N=C/c2c(OC)ccc3ccccc23)cc1OC. The largest absolute Gasteiger partial charge is 0.496 e. The molecule has 0 saturated carbocycles. The summed E-state index contributed by atoms with van der Waals surface area (Å²) >= 11 is 0. The molecule has 1 N–H and O–H groups in total. The van der Waals surface area contributed by atoms with Gasteiger partial charge in [-0.15, -0.1) is 0 Å². The molecule has 166 valence electrons. The fourth-order valence-electron chi connectivity index (χ4n) is 4.01. The smallest absolute Gasteiger partial charge is 0.248 e. The van der Waals surface area contributed by atoms with Crippen LogP contribution in [0.2, 0.25) is 0 Å². The fraction of sp³-hybridized carbons (Fsp3) is 0.280. The Morgan fingerprint density at radius 2 is 1.75 bits per heavy atom. The number of benzene rings is 3. The van der Waals surface area contributed by atoms with Crippen LogP contribution in [0.4, 0.5) is 5.69 Å². The molecule has 0 radical (unpaired) electrons. The van der Waals surface area contributed by atoms with Gasteiger partial charge in [0, 0.05) is 23.9 Å². The van der Waals surface area contributed by atoms with E-state index in [2.05, 4.69) is 16.5 Å². The van der Waals surface area contributed by atoms with Gasteiger partial charge in [0.1, 0.15) is 11.8 Å². The van der Waals surface area contributed by atoms with Crippen LogP contribution in [-0.2, 0) is 4.79 Å². The van der Waals surface area contributed by atoms with Crippen LogP contribution in [0.3, 0.4) is 0 Å². The van der Waals surface area contributed by atoms with Gasteiger partial charge in [0.25, 0.3) is 0 Å². The molecule has 1 aliphatic heterocycles. The van der Waals surface area contributed by atoms with E-state index in [0.717, 1.165) is 34.9 Å². The van der Waals surface area contributed by atoms with Crippen molar-refractivity contribution in [2.75, 3.05) is 33.2 Å². The van der Waals surface area contributed by atoms with Gasteiger partial charge in [0.2, 0.25) is 5.91 Å². The van der Waals surface area contributed by atoms with Crippen molar-refractivity contribution in [3.05, 3.63) is 60.2 Å². The maximum atomic E-state index is 13.0. The second kappa shape index (κ2) is 9.60. The van der Waals surface area contributed by atoms with Crippen molar-refractivity contribution in [3.63, 3.8) is 0 Å². The van der Waals surface area contributed by atoms with Gasteiger partial charge >= 0.3 is 0 Å². The Hall–Kier alpha value is -3.74. The zero-order valence-corrected chi connectivity index (χ0v) is 18.5. The molecule has 7 heteroatoms. The number of hydrogen-bond acceptors (Lipinski definition) is 6. The molecule has 3 aromatic rings. The van der Waals surface area contributed by atoms with E-state index in [0.29, 0.717) is 23.7 Å². The predicted molar refractivity (Wildman–Crippen MR) is 126 cm³/mol. The highest BCUT2D eigenvalue weighted by Crippen LogP contribution is 2.31. The summed E-state index contributed by atoms with van der Waals surface area (Å²) in [6.07, 6.45) is 3.43. The second-order valence-electron chi connectivity index (χ2n) is 7.53. The number of methoxy groups -OCH3 is 3. The maximum absolute atomic E-state index is 13.0. The highest BCUT2D eigenvalue weighted by molar-refractivity contribution is 6.02. The average Bonchev–Trinajstić information content (AvgIpc) is 3.31. The van der Waals surface area contributed by atoms with Crippen molar-refractivity contribution in [3.8, 4) is 17.2 Å². The number of rotatable bonds is 7. The van der Waals surface area contributed by atoms with Gasteiger partial charge in [-0.05, 0) is 41.8 Å². The fourth-order valence-corrected chi connectivity index (χ4v) is 4.01. The highest BCUT2D eigenvalue weighted by Gasteiger charge is 2.30. The lowest BCUT2D eigenvalue weighted by molar-refractivity contribution is -0.120. The van der Waals surface area contributed by atoms with Crippen LogP contribution in [-0.4, -0.2) is 51.0 Å². The summed E-state index contributed by atoms with van der Waals surface area (Å²) in [6.45, 7) is 0.716. The molecule has 0 aromatic heterocycles. The number of carbonyl (C=O) groups is 1. The summed E-state index contributed by atoms with van der Waals surface area (Å²) in [7, 11) is 4.80. The Labute approximate surface area is 187 Å². The monoisotopic (exact) mass is 433 g/mol. The van der Waals surface area contributed by atoms with Gasteiger partial charge in [-0.3, -0.25) is 9.80 Å². The van der Waals surface area contributed by atoms with Gasteiger partial charge in [0.15, 0.2) is 11.5 Å². The van der Waals surface area contributed by atoms with Gasteiger partial charge < -0.3 is 19.5 Å². The van der Waals surface area contributed by atoms with E-state index in [1.54, 1.807) is 45.7 Å². The number of nitrogens with one attached hydrogen (secondary N) is 1. The molecular weight excluding hydrogens is 406 g/mol. The van der Waals surface area contributed by atoms with Gasteiger partial charge in [-0.2, -0.15) is 5.10 Å². The molecule has 0 spiro atoms. The molecule has 7 nitrogen and oxygen atoms in total. The van der Waals surface area contributed by atoms with Crippen molar-refractivity contribution < 1.29 is 19.0 Å². The normalized spacial score (nSPS) is 15.8. The summed E-state index contributed by atoms with van der Waals surface area (Å²) in [5, 5.41) is 11.7. The molecule has 1 fully saturated rings. The summed E-state index contributed by atoms with van der Waals surface area (Å²) in [5.74, 6) is 1.83. The molecule has 1 amide bonds. The van der Waals surface area contributed by atoms with Crippen LogP contribution in [0.1, 0.15) is 18.4 Å². The minimum absolute atomic E-state index is 0.100. The van der Waals surface area contributed by atoms with Crippen molar-refractivity contribution in [1.82, 2.24) is 5.01 Å². The van der Waals surface area contributed by atoms with Crippen LogP contribution < -0.4 is 19.5 Å². The first-order valence-corrected chi connectivity index (χ1v) is 10.5. The summed E-state index contributed by atoms with van der Waals surface area (Å²) in [5.41, 5.74) is 1.55. The van der Waals surface area contributed by atoms with Crippen LogP contribution in [0.5, 0.6) is 17.2 Å². The zero-order chi connectivity index (χ0) is 22.5. The molecular formula is C25H27N3O4. The Morgan fingerprint density at radius 1 is 1.00 bits per heavy atom. The van der Waals surface area contributed by atoms with Crippen molar-refractivity contribution in [2.24, 2.45) is 5.10 Å². The predicted octanol–water partition coefficient (Wildman–Crippen LogP) is 4.30. The van der Waals surface area contributed by atoms with Crippen LogP contribution in [0.15, 0.2) is 59.7 Å². The van der Waals surface area contributed by atoms with Crippen molar-refractivity contribution in [2.45, 2.75) is 18.9 Å². The third kappa shape index (κ3) is 4.32. The van der Waals surface area contributed by atoms with Gasteiger partial charge in [-0.25, -0.2) is 0 Å². The Bertz CT molecular complexity index is 1150. The lowest BCUT2D eigenvalue weighted by Gasteiger charge is -2.21. The molecule has 1 unspecified atom stereocenters. The zero-order valence-electron chi connectivity index (χ0n) is 18.5. The number of ether oxygens (including phenoxy) is 3. The van der Waals surface area contributed by atoms with E-state index in [9.17, 15) is 4.79 Å². The van der Waals surface area contributed by atoms with E-state index in [1.165, 1.54) is 0 Å². The van der Waals surface area contributed by atoms with Crippen molar-refractivity contribution >= 4 is 28.6 Å². The van der Waals surface area contributed by atoms with E-state index in [4.69, 9.17) is 14.2 Å². The second-order valence-corrected chi connectivity index (χ2v) is 7.53.